The van der Waals surface area contributed by atoms with E-state index in [1.165, 1.54) is 35.2 Å². The molecule has 24 heavy (non-hydrogen) atoms. The Morgan fingerprint density at radius 3 is 3.00 bits per heavy atom. The van der Waals surface area contributed by atoms with Crippen LogP contribution in [0.1, 0.15) is 62.0 Å². The van der Waals surface area contributed by atoms with Gasteiger partial charge in [0, 0.05) is 30.3 Å². The number of ether oxygens (including phenoxy) is 1. The number of nitrogens with zero attached hydrogens (tertiary/aromatic N) is 2. The Morgan fingerprint density at radius 2 is 2.17 bits per heavy atom. The van der Waals surface area contributed by atoms with Crippen LogP contribution in [0.15, 0.2) is 24.4 Å². The largest absolute Gasteiger partial charge is 0.493 e. The molecule has 0 bridgehead atoms. The van der Waals surface area contributed by atoms with Crippen molar-refractivity contribution in [2.24, 2.45) is 0 Å². The summed E-state index contributed by atoms with van der Waals surface area (Å²) in [5.74, 6) is 1.06. The van der Waals surface area contributed by atoms with Gasteiger partial charge < -0.3 is 10.1 Å². The molecule has 2 aromatic rings. The van der Waals surface area contributed by atoms with Crippen LogP contribution in [0, 0.1) is 0 Å². The Bertz CT molecular complexity index is 742. The molecule has 1 aliphatic heterocycles. The van der Waals surface area contributed by atoms with Gasteiger partial charge in [-0.1, -0.05) is 12.1 Å². The standard InChI is InChI=1S/C20H27N3O/c1-20(2,3)23-18-6-4-5-17(16(18)13-22-23)21-12-14-7-8-19-15(11-14)9-10-24-19/h7-8,11,13,17,21H,4-6,9-10,12H2,1-3H3/t17-/m1/s1. The SMILES string of the molecule is CC(C)(C)n1ncc2c1CCC[C@H]2NCc1ccc2c(c1)CCO2. The van der Waals surface area contributed by atoms with E-state index in [1.807, 2.05) is 0 Å². The maximum atomic E-state index is 5.60. The van der Waals surface area contributed by atoms with Gasteiger partial charge in [-0.2, -0.15) is 5.10 Å². The fourth-order valence-corrected chi connectivity index (χ4v) is 3.94. The number of hydrogen-bond donors (Lipinski definition) is 1. The van der Waals surface area contributed by atoms with Gasteiger partial charge in [0.05, 0.1) is 18.3 Å². The van der Waals surface area contributed by atoms with E-state index in [0.717, 1.165) is 31.7 Å². The first-order valence-electron chi connectivity index (χ1n) is 9.07. The molecular formula is C20H27N3O. The Labute approximate surface area is 144 Å². The second-order valence-corrected chi connectivity index (χ2v) is 8.00. The summed E-state index contributed by atoms with van der Waals surface area (Å²) >= 11 is 0. The second-order valence-electron chi connectivity index (χ2n) is 8.00. The van der Waals surface area contributed by atoms with Crippen LogP contribution in [0.3, 0.4) is 0 Å². The monoisotopic (exact) mass is 325 g/mol. The van der Waals surface area contributed by atoms with Crippen molar-refractivity contribution in [1.82, 2.24) is 15.1 Å². The zero-order valence-electron chi connectivity index (χ0n) is 14.9. The molecule has 1 N–H and O–H groups in total. The average molecular weight is 325 g/mol. The number of hydrogen-bond acceptors (Lipinski definition) is 3. The van der Waals surface area contributed by atoms with Crippen LogP contribution in [0.25, 0.3) is 0 Å². The predicted octanol–water partition coefficient (Wildman–Crippen LogP) is 3.74. The lowest BCUT2D eigenvalue weighted by atomic mass is 9.92. The smallest absolute Gasteiger partial charge is 0.122 e. The summed E-state index contributed by atoms with van der Waals surface area (Å²) in [6, 6.07) is 7.00. The summed E-state index contributed by atoms with van der Waals surface area (Å²) in [6.45, 7) is 8.40. The number of benzene rings is 1. The summed E-state index contributed by atoms with van der Waals surface area (Å²) in [4.78, 5) is 0. The maximum Gasteiger partial charge on any atom is 0.122 e. The van der Waals surface area contributed by atoms with Crippen LogP contribution in [-0.4, -0.2) is 16.4 Å². The zero-order chi connectivity index (χ0) is 16.7. The van der Waals surface area contributed by atoms with Gasteiger partial charge in [0.25, 0.3) is 0 Å². The topological polar surface area (TPSA) is 39.1 Å². The zero-order valence-corrected chi connectivity index (χ0v) is 14.9. The summed E-state index contributed by atoms with van der Waals surface area (Å²) in [6.07, 6.45) is 6.67. The summed E-state index contributed by atoms with van der Waals surface area (Å²) < 4.78 is 7.81. The molecule has 0 unspecified atom stereocenters. The van der Waals surface area contributed by atoms with E-state index in [0.29, 0.717) is 6.04 Å². The van der Waals surface area contributed by atoms with Gasteiger partial charge in [-0.25, -0.2) is 0 Å². The van der Waals surface area contributed by atoms with Crippen LogP contribution in [0.4, 0.5) is 0 Å². The molecule has 1 aliphatic carbocycles. The van der Waals surface area contributed by atoms with Gasteiger partial charge in [0.1, 0.15) is 5.75 Å². The lowest BCUT2D eigenvalue weighted by Crippen LogP contribution is -2.29. The molecule has 0 spiro atoms. The Kier molecular flexibility index (Phi) is 3.87. The fourth-order valence-electron chi connectivity index (χ4n) is 3.94. The quantitative estimate of drug-likeness (QED) is 0.934. The number of aromatic nitrogens is 2. The second kappa shape index (κ2) is 5.92. The molecule has 4 rings (SSSR count). The third-order valence-corrected chi connectivity index (χ3v) is 5.12. The first-order valence-corrected chi connectivity index (χ1v) is 9.07. The molecule has 0 saturated carbocycles. The predicted molar refractivity (Wildman–Crippen MR) is 95.4 cm³/mol. The molecule has 1 aromatic heterocycles. The van der Waals surface area contributed by atoms with Gasteiger partial charge in [0.15, 0.2) is 0 Å². The van der Waals surface area contributed by atoms with Gasteiger partial charge in [-0.15, -0.1) is 0 Å². The van der Waals surface area contributed by atoms with Crippen molar-refractivity contribution in [2.45, 2.75) is 64.6 Å². The summed E-state index contributed by atoms with van der Waals surface area (Å²) in [5.41, 5.74) is 5.54. The summed E-state index contributed by atoms with van der Waals surface area (Å²) in [5, 5.41) is 8.44. The van der Waals surface area contributed by atoms with E-state index in [9.17, 15) is 0 Å². The molecule has 0 radical (unpaired) electrons. The fraction of sp³-hybridized carbons (Fsp3) is 0.550. The van der Waals surface area contributed by atoms with E-state index in [-0.39, 0.29) is 5.54 Å². The minimum atomic E-state index is 0.0510. The van der Waals surface area contributed by atoms with Crippen molar-refractivity contribution in [3.8, 4) is 5.75 Å². The van der Waals surface area contributed by atoms with Crippen molar-refractivity contribution < 1.29 is 4.74 Å². The average Bonchev–Trinajstić information content (AvgIpc) is 3.18. The Balaban J connectivity index is 1.50. The van der Waals surface area contributed by atoms with Gasteiger partial charge in [-0.05, 0) is 57.2 Å². The van der Waals surface area contributed by atoms with Gasteiger partial charge in [0.2, 0.25) is 0 Å². The van der Waals surface area contributed by atoms with Crippen LogP contribution >= 0.6 is 0 Å². The molecule has 4 heteroatoms. The molecule has 1 atom stereocenters. The molecule has 0 amide bonds. The van der Waals surface area contributed by atoms with Crippen LogP contribution in [0.2, 0.25) is 0 Å². The van der Waals surface area contributed by atoms with Crippen LogP contribution in [-0.2, 0) is 24.9 Å². The highest BCUT2D eigenvalue weighted by Crippen LogP contribution is 2.33. The van der Waals surface area contributed by atoms with Gasteiger partial charge in [-0.3, -0.25) is 4.68 Å². The van der Waals surface area contributed by atoms with Crippen molar-refractivity contribution in [3.63, 3.8) is 0 Å². The first-order chi connectivity index (χ1) is 11.5. The molecule has 2 aliphatic rings. The molecule has 128 valence electrons. The lowest BCUT2D eigenvalue weighted by Gasteiger charge is -2.28. The first kappa shape index (κ1) is 15.7. The highest BCUT2D eigenvalue weighted by atomic mass is 16.5. The minimum absolute atomic E-state index is 0.0510. The summed E-state index contributed by atoms with van der Waals surface area (Å²) in [7, 11) is 0. The molecule has 0 fully saturated rings. The molecule has 1 aromatic carbocycles. The number of nitrogens with one attached hydrogen (secondary N) is 1. The normalized spacial score (nSPS) is 19.7. The lowest BCUT2D eigenvalue weighted by molar-refractivity contribution is 0.334. The van der Waals surface area contributed by atoms with Crippen LogP contribution < -0.4 is 10.1 Å². The van der Waals surface area contributed by atoms with E-state index < -0.39 is 0 Å². The van der Waals surface area contributed by atoms with Crippen molar-refractivity contribution in [3.05, 3.63) is 46.8 Å². The maximum absolute atomic E-state index is 5.60. The highest BCUT2D eigenvalue weighted by molar-refractivity contribution is 5.39. The van der Waals surface area contributed by atoms with E-state index in [1.54, 1.807) is 0 Å². The van der Waals surface area contributed by atoms with Crippen molar-refractivity contribution in [2.75, 3.05) is 6.61 Å². The Hall–Kier alpha value is -1.81. The molecule has 4 nitrogen and oxygen atoms in total. The van der Waals surface area contributed by atoms with E-state index >= 15 is 0 Å². The molecule has 2 heterocycles. The van der Waals surface area contributed by atoms with Gasteiger partial charge >= 0.3 is 0 Å². The third-order valence-electron chi connectivity index (χ3n) is 5.12. The van der Waals surface area contributed by atoms with E-state index in [4.69, 9.17) is 4.74 Å². The minimum Gasteiger partial charge on any atom is -0.493 e. The van der Waals surface area contributed by atoms with Crippen molar-refractivity contribution >= 4 is 0 Å². The van der Waals surface area contributed by atoms with E-state index in [2.05, 4.69) is 60.3 Å². The highest BCUT2D eigenvalue weighted by Gasteiger charge is 2.27. The Morgan fingerprint density at radius 1 is 1.29 bits per heavy atom. The third kappa shape index (κ3) is 2.84. The van der Waals surface area contributed by atoms with Crippen molar-refractivity contribution in [1.29, 1.82) is 0 Å². The molecule has 0 saturated heterocycles. The number of fused-ring (bicyclic) bond motifs is 2. The van der Waals surface area contributed by atoms with Crippen LogP contribution in [0.5, 0.6) is 5.75 Å². The number of rotatable bonds is 3. The molecular weight excluding hydrogens is 298 g/mol.